The predicted octanol–water partition coefficient (Wildman–Crippen LogP) is 5.82. The van der Waals surface area contributed by atoms with Gasteiger partial charge in [-0.15, -0.1) is 0 Å². The zero-order valence-corrected chi connectivity index (χ0v) is 21.7. The number of nitrogens with two attached hydrogens (primary N) is 1. The van der Waals surface area contributed by atoms with E-state index in [1.165, 1.54) is 0 Å². The molecular formula is C32H36N4O2. The fourth-order valence-corrected chi connectivity index (χ4v) is 5.15. The number of carbonyl (C=O) groups is 1. The number of hydrogen-bond acceptors (Lipinski definition) is 4. The number of aromatic amines is 1. The molecule has 3 aromatic carbocycles. The summed E-state index contributed by atoms with van der Waals surface area (Å²) < 4.78 is 5.93. The number of benzene rings is 3. The van der Waals surface area contributed by atoms with Crippen LogP contribution < -0.4 is 15.8 Å². The Kier molecular flexibility index (Phi) is 8.51. The molecule has 5 rings (SSSR count). The van der Waals surface area contributed by atoms with Gasteiger partial charge in [0.1, 0.15) is 18.2 Å². The van der Waals surface area contributed by atoms with E-state index in [9.17, 15) is 4.79 Å². The lowest BCUT2D eigenvalue weighted by atomic mass is 9.81. The van der Waals surface area contributed by atoms with Crippen molar-refractivity contribution in [3.8, 4) is 17.0 Å². The number of nitrogens with zero attached hydrogens (tertiary/aromatic N) is 1. The monoisotopic (exact) mass is 508 g/mol. The molecule has 1 aromatic heterocycles. The Labute approximate surface area is 224 Å². The number of rotatable bonds is 10. The summed E-state index contributed by atoms with van der Waals surface area (Å²) in [7, 11) is 0. The number of nitrogens with one attached hydrogen (secondary N) is 2. The first-order chi connectivity index (χ1) is 18.7. The van der Waals surface area contributed by atoms with Crippen LogP contribution in [0.4, 0.5) is 0 Å². The number of ether oxygens (including phenoxy) is 1. The van der Waals surface area contributed by atoms with Crippen LogP contribution in [0.1, 0.15) is 48.7 Å². The van der Waals surface area contributed by atoms with Gasteiger partial charge in [-0.1, -0.05) is 60.7 Å². The van der Waals surface area contributed by atoms with Crippen LogP contribution in [0, 0.1) is 11.8 Å². The molecule has 1 amide bonds. The summed E-state index contributed by atoms with van der Waals surface area (Å²) in [5, 5.41) is 3.31. The second-order valence-electron chi connectivity index (χ2n) is 10.2. The van der Waals surface area contributed by atoms with Crippen molar-refractivity contribution in [1.29, 1.82) is 0 Å². The maximum Gasteiger partial charge on any atom is 0.223 e. The van der Waals surface area contributed by atoms with Crippen molar-refractivity contribution < 1.29 is 9.53 Å². The van der Waals surface area contributed by atoms with E-state index in [1.54, 1.807) is 0 Å². The van der Waals surface area contributed by atoms with Gasteiger partial charge in [0.2, 0.25) is 5.91 Å². The molecule has 1 heterocycles. The average Bonchev–Trinajstić information content (AvgIpc) is 3.47. The zero-order chi connectivity index (χ0) is 26.2. The van der Waals surface area contributed by atoms with Gasteiger partial charge < -0.3 is 20.8 Å². The van der Waals surface area contributed by atoms with Crippen molar-refractivity contribution in [3.05, 3.63) is 108 Å². The third-order valence-corrected chi connectivity index (χ3v) is 7.49. The highest BCUT2D eigenvalue weighted by atomic mass is 16.5. The second kappa shape index (κ2) is 12.6. The van der Waals surface area contributed by atoms with E-state index in [0.717, 1.165) is 59.6 Å². The van der Waals surface area contributed by atoms with Crippen LogP contribution in [-0.2, 0) is 17.8 Å². The van der Waals surface area contributed by atoms with E-state index in [1.807, 2.05) is 66.9 Å². The Bertz CT molecular complexity index is 1280. The first kappa shape index (κ1) is 25.7. The van der Waals surface area contributed by atoms with Crippen LogP contribution in [-0.4, -0.2) is 22.4 Å². The Morgan fingerprint density at radius 1 is 0.921 bits per heavy atom. The third-order valence-electron chi connectivity index (χ3n) is 7.49. The van der Waals surface area contributed by atoms with Crippen LogP contribution in [0.5, 0.6) is 5.75 Å². The minimum Gasteiger partial charge on any atom is -0.489 e. The molecule has 0 bridgehead atoms. The van der Waals surface area contributed by atoms with Gasteiger partial charge in [-0.05, 0) is 85.5 Å². The quantitative estimate of drug-likeness (QED) is 0.252. The lowest BCUT2D eigenvalue weighted by molar-refractivity contribution is -0.127. The molecule has 1 aliphatic rings. The zero-order valence-electron chi connectivity index (χ0n) is 21.7. The molecule has 0 unspecified atom stereocenters. The first-order valence-electron chi connectivity index (χ1n) is 13.5. The second-order valence-corrected chi connectivity index (χ2v) is 10.2. The molecule has 1 atom stereocenters. The van der Waals surface area contributed by atoms with Crippen LogP contribution in [0.3, 0.4) is 0 Å². The normalized spacial score (nSPS) is 18.0. The van der Waals surface area contributed by atoms with Crippen LogP contribution in [0.2, 0.25) is 0 Å². The molecular weight excluding hydrogens is 472 g/mol. The number of aromatic nitrogens is 2. The van der Waals surface area contributed by atoms with Crippen molar-refractivity contribution in [3.63, 3.8) is 0 Å². The Morgan fingerprint density at radius 3 is 2.24 bits per heavy atom. The van der Waals surface area contributed by atoms with Crippen molar-refractivity contribution in [2.24, 2.45) is 17.6 Å². The van der Waals surface area contributed by atoms with Gasteiger partial charge in [-0.25, -0.2) is 4.98 Å². The van der Waals surface area contributed by atoms with Crippen LogP contribution in [0.25, 0.3) is 11.3 Å². The minimum absolute atomic E-state index is 0.0361. The molecule has 1 aliphatic carbocycles. The highest BCUT2D eigenvalue weighted by molar-refractivity contribution is 5.79. The maximum absolute atomic E-state index is 13.2. The van der Waals surface area contributed by atoms with E-state index < -0.39 is 0 Å². The largest absolute Gasteiger partial charge is 0.489 e. The predicted molar refractivity (Wildman–Crippen MR) is 150 cm³/mol. The molecule has 0 aliphatic heterocycles. The van der Waals surface area contributed by atoms with Crippen molar-refractivity contribution in [1.82, 2.24) is 15.3 Å². The average molecular weight is 509 g/mol. The summed E-state index contributed by atoms with van der Waals surface area (Å²) in [4.78, 5) is 21.4. The van der Waals surface area contributed by atoms with Gasteiger partial charge in [0.05, 0.1) is 17.9 Å². The van der Waals surface area contributed by atoms with Crippen LogP contribution >= 0.6 is 0 Å². The molecule has 4 aromatic rings. The molecule has 1 fully saturated rings. The topological polar surface area (TPSA) is 93.0 Å². The van der Waals surface area contributed by atoms with Gasteiger partial charge >= 0.3 is 0 Å². The molecule has 4 N–H and O–H groups in total. The fourth-order valence-electron chi connectivity index (χ4n) is 5.15. The number of carbonyl (C=O) groups excluding carboxylic acids is 1. The molecule has 0 saturated heterocycles. The van der Waals surface area contributed by atoms with Gasteiger partial charge in [-0.3, -0.25) is 4.79 Å². The Balaban J connectivity index is 1.27. The number of amides is 1. The molecule has 6 nitrogen and oxygen atoms in total. The summed E-state index contributed by atoms with van der Waals surface area (Å²) in [5.74, 6) is 2.27. The van der Waals surface area contributed by atoms with Crippen molar-refractivity contribution >= 4 is 5.91 Å². The van der Waals surface area contributed by atoms with Gasteiger partial charge in [0, 0.05) is 5.92 Å². The third kappa shape index (κ3) is 6.69. The summed E-state index contributed by atoms with van der Waals surface area (Å²) in [6, 6.07) is 28.1. The van der Waals surface area contributed by atoms with E-state index in [0.29, 0.717) is 25.5 Å². The van der Waals surface area contributed by atoms with Gasteiger partial charge in [-0.2, -0.15) is 0 Å². The van der Waals surface area contributed by atoms with Gasteiger partial charge in [0.15, 0.2) is 0 Å². The van der Waals surface area contributed by atoms with Crippen LogP contribution in [0.15, 0.2) is 91.1 Å². The molecule has 0 radical (unpaired) electrons. The fraction of sp³-hybridized carbons (Fsp3) is 0.312. The minimum atomic E-state index is -0.237. The summed E-state index contributed by atoms with van der Waals surface area (Å²) >= 11 is 0. The van der Waals surface area contributed by atoms with E-state index in [-0.39, 0.29) is 17.9 Å². The molecule has 38 heavy (non-hydrogen) atoms. The summed E-state index contributed by atoms with van der Waals surface area (Å²) in [6.07, 6.45) is 6.35. The van der Waals surface area contributed by atoms with E-state index >= 15 is 0 Å². The lowest BCUT2D eigenvalue weighted by Gasteiger charge is -2.28. The molecule has 6 heteroatoms. The first-order valence-corrected chi connectivity index (χ1v) is 13.5. The standard InChI is InChI=1S/C32H36N4O2/c33-20-24-11-13-27(14-12-24)32(37)36-29(19-23-7-3-1-4-8-23)31-34-21-30(35-31)26-15-17-28(18-16-26)38-22-25-9-5-2-6-10-25/h1-10,15-18,21,24,27,29H,11-14,19-20,22,33H2,(H,34,35)(H,36,37)/t24?,27?,29-/m0/s1. The smallest absolute Gasteiger partial charge is 0.223 e. The highest BCUT2D eigenvalue weighted by Crippen LogP contribution is 2.30. The van der Waals surface area contributed by atoms with E-state index in [2.05, 4.69) is 34.6 Å². The maximum atomic E-state index is 13.2. The summed E-state index contributed by atoms with van der Waals surface area (Å²) in [6.45, 7) is 1.24. The molecule has 196 valence electrons. The van der Waals surface area contributed by atoms with Crippen molar-refractivity contribution in [2.45, 2.75) is 44.8 Å². The van der Waals surface area contributed by atoms with Crippen molar-refractivity contribution in [2.75, 3.05) is 6.54 Å². The number of imidazole rings is 1. The SMILES string of the molecule is NCC1CCC(C(=O)N[C@@H](Cc2ccccc2)c2ncc(-c3ccc(OCc4ccccc4)cc3)[nH]2)CC1. The lowest BCUT2D eigenvalue weighted by Crippen LogP contribution is -2.37. The number of H-pyrrole nitrogens is 1. The Morgan fingerprint density at radius 2 is 1.58 bits per heavy atom. The molecule has 0 spiro atoms. The highest BCUT2D eigenvalue weighted by Gasteiger charge is 2.28. The van der Waals surface area contributed by atoms with E-state index in [4.69, 9.17) is 15.5 Å². The number of hydrogen-bond donors (Lipinski definition) is 3. The molecule has 1 saturated carbocycles. The summed E-state index contributed by atoms with van der Waals surface area (Å²) in [5.41, 5.74) is 10.1. The Hall–Kier alpha value is -3.90. The van der Waals surface area contributed by atoms with Gasteiger partial charge in [0.25, 0.3) is 0 Å².